The minimum atomic E-state index is -1.34. The third-order valence-electron chi connectivity index (χ3n) is 16.7. The summed E-state index contributed by atoms with van der Waals surface area (Å²) in [5.41, 5.74) is 6.80. The lowest BCUT2D eigenvalue weighted by Gasteiger charge is -2.54. The van der Waals surface area contributed by atoms with Crippen molar-refractivity contribution < 1.29 is 18.8 Å². The van der Waals surface area contributed by atoms with Crippen LogP contribution in [0, 0.1) is 16.7 Å². The fourth-order valence-corrected chi connectivity index (χ4v) is 13.1. The van der Waals surface area contributed by atoms with E-state index in [-0.39, 0.29) is 36.2 Å². The van der Waals surface area contributed by atoms with Gasteiger partial charge in [0.2, 0.25) is 11.8 Å². The third-order valence-corrected chi connectivity index (χ3v) is 16.7. The maximum Gasteiger partial charge on any atom is 0.255 e. The normalized spacial score (nSPS) is 26.4. The molecule has 7 aliphatic rings. The summed E-state index contributed by atoms with van der Waals surface area (Å²) >= 11 is 0. The number of amides is 3. The van der Waals surface area contributed by atoms with Crippen molar-refractivity contribution in [2.75, 3.05) is 62.2 Å². The van der Waals surface area contributed by atoms with Crippen LogP contribution in [0.1, 0.15) is 124 Å². The molecule has 2 aromatic heterocycles. The van der Waals surface area contributed by atoms with E-state index < -0.39 is 11.7 Å². The molecule has 3 atom stereocenters. The largest absolute Gasteiger partial charge is 0.371 e. The molecule has 338 valence electrons. The summed E-state index contributed by atoms with van der Waals surface area (Å²) < 4.78 is 15.3. The van der Waals surface area contributed by atoms with Gasteiger partial charge in [0.25, 0.3) is 5.91 Å². The summed E-state index contributed by atoms with van der Waals surface area (Å²) in [6.45, 7) is 14.0. The zero-order valence-corrected chi connectivity index (χ0v) is 37.9. The van der Waals surface area contributed by atoms with Crippen LogP contribution in [0.2, 0.25) is 0 Å². The Morgan fingerprint density at radius 2 is 1.58 bits per heavy atom. The van der Waals surface area contributed by atoms with Crippen LogP contribution in [0.5, 0.6) is 0 Å². The molecule has 5 fully saturated rings. The number of benzene rings is 2. The van der Waals surface area contributed by atoms with Gasteiger partial charge in [-0.05, 0) is 150 Å². The summed E-state index contributed by atoms with van der Waals surface area (Å²) in [6.07, 6.45) is 15.5. The molecule has 2 N–H and O–H groups in total. The molecule has 64 heavy (non-hydrogen) atoms. The molecule has 3 amide bonds. The molecule has 8 heterocycles. The second kappa shape index (κ2) is 15.9. The van der Waals surface area contributed by atoms with E-state index in [0.717, 1.165) is 66.8 Å². The highest BCUT2D eigenvalue weighted by Gasteiger charge is 2.48. The monoisotopic (exact) mass is 870 g/mol. The predicted octanol–water partition coefficient (Wildman–Crippen LogP) is 7.18. The number of nitrogens with one attached hydrogen (secondary N) is 2. The topological polar surface area (TPSA) is 121 Å². The number of anilines is 2. The number of H-pyrrole nitrogens is 1. The van der Waals surface area contributed by atoms with E-state index in [9.17, 15) is 14.4 Å². The molecule has 6 aliphatic heterocycles. The van der Waals surface area contributed by atoms with E-state index in [0.29, 0.717) is 35.9 Å². The number of piperidine rings is 4. The summed E-state index contributed by atoms with van der Waals surface area (Å²) in [5, 5.41) is 3.65. The lowest BCUT2D eigenvalue weighted by atomic mass is 9.57. The Balaban J connectivity index is 0.646. The molecule has 2 aromatic carbocycles. The number of hydrogen-bond acceptors (Lipinski definition) is 9. The highest BCUT2D eigenvalue weighted by Crippen LogP contribution is 2.54. The number of hydrogen-bond donors (Lipinski definition) is 2. The van der Waals surface area contributed by atoms with Gasteiger partial charge in [0.15, 0.2) is 0 Å². The van der Waals surface area contributed by atoms with Crippen molar-refractivity contribution in [1.29, 1.82) is 0 Å². The average Bonchev–Trinajstić information content (AvgIpc) is 3.80. The van der Waals surface area contributed by atoms with Crippen molar-refractivity contribution in [1.82, 2.24) is 35.0 Å². The van der Waals surface area contributed by atoms with E-state index in [4.69, 9.17) is 9.97 Å². The average molecular weight is 870 g/mol. The van der Waals surface area contributed by atoms with Gasteiger partial charge in [-0.25, -0.2) is 9.37 Å². The SMILES string of the molecule is C[C@@H]1Cc2c([nH]c3ccccc23)[C@@H](c2cnc(N3CCC4(CC3)CC(CN3CCC5(CC3)CCN(c3ccc6c(c3)CN(C3CCC(=O)NC3=O)C6=O)CC5)C4)cn2)N1CC(C)(C)F. The minimum absolute atomic E-state index is 0.111. The van der Waals surface area contributed by atoms with Crippen molar-refractivity contribution in [2.45, 2.75) is 122 Å². The van der Waals surface area contributed by atoms with Crippen LogP contribution in [0.3, 0.4) is 0 Å². The number of rotatable bonds is 8. The van der Waals surface area contributed by atoms with E-state index in [1.807, 2.05) is 18.5 Å². The van der Waals surface area contributed by atoms with Crippen LogP contribution >= 0.6 is 0 Å². The highest BCUT2D eigenvalue weighted by atomic mass is 19.1. The molecular weight excluding hydrogens is 806 g/mol. The molecular formula is C51H64FN9O3. The van der Waals surface area contributed by atoms with Gasteiger partial charge in [-0.2, -0.15) is 0 Å². The molecule has 1 aliphatic carbocycles. The number of halogens is 1. The fraction of sp³-hybridized carbons (Fsp3) is 0.588. The van der Waals surface area contributed by atoms with Crippen LogP contribution in [0.15, 0.2) is 54.9 Å². The number of fused-ring (bicyclic) bond motifs is 4. The van der Waals surface area contributed by atoms with E-state index in [1.54, 1.807) is 18.7 Å². The van der Waals surface area contributed by atoms with Crippen molar-refractivity contribution >= 4 is 40.1 Å². The Hall–Kier alpha value is -4.88. The van der Waals surface area contributed by atoms with Crippen LogP contribution in [-0.2, 0) is 22.6 Å². The van der Waals surface area contributed by atoms with Crippen LogP contribution in [-0.4, -0.2) is 117 Å². The van der Waals surface area contributed by atoms with Gasteiger partial charge < -0.3 is 24.6 Å². The lowest BCUT2D eigenvalue weighted by Crippen LogP contribution is -2.52. The zero-order chi connectivity index (χ0) is 44.0. The van der Waals surface area contributed by atoms with Gasteiger partial charge in [0.1, 0.15) is 17.5 Å². The van der Waals surface area contributed by atoms with Crippen molar-refractivity contribution in [3.05, 3.63) is 82.9 Å². The predicted molar refractivity (Wildman–Crippen MR) is 246 cm³/mol. The Kier molecular flexibility index (Phi) is 10.4. The summed E-state index contributed by atoms with van der Waals surface area (Å²) in [7, 11) is 0. The molecule has 12 nitrogen and oxygen atoms in total. The number of nitrogens with zero attached hydrogens (tertiary/aromatic N) is 7. The lowest BCUT2D eigenvalue weighted by molar-refractivity contribution is -0.136. The summed E-state index contributed by atoms with van der Waals surface area (Å²) in [6, 6.07) is 14.0. The van der Waals surface area contributed by atoms with Crippen LogP contribution < -0.4 is 15.1 Å². The highest BCUT2D eigenvalue weighted by molar-refractivity contribution is 6.05. The first-order chi connectivity index (χ1) is 30.8. The first kappa shape index (κ1) is 41.8. The number of likely N-dealkylation sites (tertiary alicyclic amines) is 1. The molecule has 13 heteroatoms. The van der Waals surface area contributed by atoms with Gasteiger partial charge in [-0.15, -0.1) is 0 Å². The Bertz CT molecular complexity index is 2430. The van der Waals surface area contributed by atoms with Crippen LogP contribution in [0.25, 0.3) is 10.9 Å². The van der Waals surface area contributed by atoms with E-state index >= 15 is 4.39 Å². The number of para-hydroxylation sites is 1. The van der Waals surface area contributed by atoms with E-state index in [2.05, 4.69) is 73.2 Å². The molecule has 11 rings (SSSR count). The molecule has 0 bridgehead atoms. The number of alkyl halides is 1. The Morgan fingerprint density at radius 1 is 0.859 bits per heavy atom. The Labute approximate surface area is 376 Å². The minimum Gasteiger partial charge on any atom is -0.371 e. The summed E-state index contributed by atoms with van der Waals surface area (Å²) in [5.74, 6) is 1.01. The van der Waals surface area contributed by atoms with Crippen molar-refractivity contribution in [3.8, 4) is 0 Å². The van der Waals surface area contributed by atoms with Gasteiger partial charge in [0.05, 0.1) is 24.1 Å². The number of carbonyl (C=O) groups excluding carboxylic acids is 3. The van der Waals surface area contributed by atoms with Gasteiger partial charge in [0, 0.05) is 86.1 Å². The fourth-order valence-electron chi connectivity index (χ4n) is 13.1. The molecule has 2 spiro atoms. The molecule has 1 unspecified atom stereocenters. The van der Waals surface area contributed by atoms with Crippen LogP contribution in [0.4, 0.5) is 15.9 Å². The first-order valence-corrected chi connectivity index (χ1v) is 24.2. The quantitative estimate of drug-likeness (QED) is 0.178. The second-order valence-corrected chi connectivity index (χ2v) is 21.5. The number of imide groups is 1. The molecule has 0 radical (unpaired) electrons. The van der Waals surface area contributed by atoms with Crippen molar-refractivity contribution in [3.63, 3.8) is 0 Å². The molecule has 4 aromatic rings. The van der Waals surface area contributed by atoms with Crippen molar-refractivity contribution in [2.24, 2.45) is 16.7 Å². The van der Waals surface area contributed by atoms with Gasteiger partial charge in [-0.1, -0.05) is 18.2 Å². The van der Waals surface area contributed by atoms with E-state index in [1.165, 1.54) is 87.6 Å². The number of aromatic nitrogens is 3. The Morgan fingerprint density at radius 3 is 2.30 bits per heavy atom. The molecule has 1 saturated carbocycles. The smallest absolute Gasteiger partial charge is 0.255 e. The summed E-state index contributed by atoms with van der Waals surface area (Å²) in [4.78, 5) is 62.8. The standard InChI is InChI=1S/C51H64FN9O3/c1-33-24-39-38-6-4-5-7-40(38)55-45(39)46(61(33)32-49(2,3)52)41-28-54-43(29-53-41)59-22-16-51(17-23-59)26-34(27-51)30-57-18-12-50(13-19-57)14-20-58(21-15-50)36-8-9-37-35(25-36)31-60(48(37)64)42-10-11-44(62)56-47(42)63/h4-9,25,28-29,33-34,42,46,55H,10-24,26-27,30-32H2,1-3H3,(H,56,62,63)/t33-,42?,46-/m1/s1. The number of carbonyl (C=O) groups is 3. The maximum absolute atomic E-state index is 15.3. The zero-order valence-electron chi connectivity index (χ0n) is 37.9. The third kappa shape index (κ3) is 7.67. The van der Waals surface area contributed by atoms with Gasteiger partial charge >= 0.3 is 0 Å². The first-order valence-electron chi connectivity index (χ1n) is 24.2. The second-order valence-electron chi connectivity index (χ2n) is 21.5. The molecule has 4 saturated heterocycles. The number of aromatic amines is 1. The maximum atomic E-state index is 15.3. The van der Waals surface area contributed by atoms with Gasteiger partial charge in [-0.3, -0.25) is 29.6 Å².